The lowest BCUT2D eigenvalue weighted by atomic mass is 10.0. The summed E-state index contributed by atoms with van der Waals surface area (Å²) in [5.74, 6) is 0.240. The van der Waals surface area contributed by atoms with E-state index in [0.29, 0.717) is 6.42 Å². The minimum atomic E-state index is 0.240. The molecular weight excluding hydrogens is 236 g/mol. The van der Waals surface area contributed by atoms with Crippen LogP contribution in [0, 0.1) is 6.92 Å². The van der Waals surface area contributed by atoms with Gasteiger partial charge in [-0.3, -0.25) is 4.79 Å². The molecule has 1 unspecified atom stereocenters. The molecule has 0 saturated carbocycles. The monoisotopic (exact) mass is 260 g/mol. The lowest BCUT2D eigenvalue weighted by Gasteiger charge is -2.30. The van der Waals surface area contributed by atoms with E-state index in [0.717, 1.165) is 31.6 Å². The van der Waals surface area contributed by atoms with E-state index in [1.54, 1.807) is 0 Å². The van der Waals surface area contributed by atoms with Crippen molar-refractivity contribution in [2.24, 2.45) is 0 Å². The van der Waals surface area contributed by atoms with Crippen LogP contribution in [0.4, 0.5) is 5.69 Å². The molecule has 0 aromatic heterocycles. The molecule has 3 nitrogen and oxygen atoms in total. The average molecular weight is 260 g/mol. The number of benzene rings is 1. The third-order valence-electron chi connectivity index (χ3n) is 3.81. The van der Waals surface area contributed by atoms with Gasteiger partial charge in [-0.2, -0.15) is 0 Å². The topological polar surface area (TPSA) is 32.3 Å². The van der Waals surface area contributed by atoms with E-state index < -0.39 is 0 Å². The number of hydrogen-bond acceptors (Lipinski definition) is 2. The fourth-order valence-electron chi connectivity index (χ4n) is 2.78. The first-order chi connectivity index (χ1) is 9.13. The summed E-state index contributed by atoms with van der Waals surface area (Å²) in [4.78, 5) is 14.5. The van der Waals surface area contributed by atoms with Gasteiger partial charge in [0.05, 0.1) is 0 Å². The number of anilines is 1. The first-order valence-electron chi connectivity index (χ1n) is 7.25. The number of para-hydroxylation sites is 1. The van der Waals surface area contributed by atoms with Crippen molar-refractivity contribution in [3.8, 4) is 0 Å². The van der Waals surface area contributed by atoms with Gasteiger partial charge in [-0.1, -0.05) is 25.1 Å². The van der Waals surface area contributed by atoms with Gasteiger partial charge in [0.1, 0.15) is 0 Å². The maximum absolute atomic E-state index is 12.5. The number of carbonyl (C=O) groups excluding carboxylic acids is 1. The number of nitrogens with one attached hydrogen (secondary N) is 1. The zero-order valence-electron chi connectivity index (χ0n) is 12.2. The molecule has 2 rings (SSSR count). The maximum atomic E-state index is 12.5. The highest BCUT2D eigenvalue weighted by Crippen LogP contribution is 2.27. The molecule has 1 heterocycles. The lowest BCUT2D eigenvalue weighted by Crippen LogP contribution is -2.42. The highest BCUT2D eigenvalue weighted by molar-refractivity contribution is 5.95. The minimum absolute atomic E-state index is 0.240. The zero-order valence-corrected chi connectivity index (χ0v) is 12.2. The van der Waals surface area contributed by atoms with Gasteiger partial charge in [0, 0.05) is 24.7 Å². The Morgan fingerprint density at radius 1 is 1.42 bits per heavy atom. The fraction of sp³-hybridized carbons (Fsp3) is 0.562. The van der Waals surface area contributed by atoms with Gasteiger partial charge in [-0.25, -0.2) is 0 Å². The third kappa shape index (κ3) is 3.16. The molecule has 1 saturated heterocycles. The largest absolute Gasteiger partial charge is 0.314 e. The van der Waals surface area contributed by atoms with Crippen molar-refractivity contribution in [1.29, 1.82) is 0 Å². The van der Waals surface area contributed by atoms with E-state index in [1.165, 1.54) is 11.1 Å². The number of carbonyl (C=O) groups is 1. The second-order valence-corrected chi connectivity index (χ2v) is 5.39. The van der Waals surface area contributed by atoms with E-state index in [-0.39, 0.29) is 11.9 Å². The first kappa shape index (κ1) is 14.1. The minimum Gasteiger partial charge on any atom is -0.314 e. The molecule has 1 aliphatic heterocycles. The molecule has 1 aromatic rings. The summed E-state index contributed by atoms with van der Waals surface area (Å²) in [7, 11) is 0. The Morgan fingerprint density at radius 2 is 2.21 bits per heavy atom. The van der Waals surface area contributed by atoms with Crippen LogP contribution in [-0.2, 0) is 11.2 Å². The summed E-state index contributed by atoms with van der Waals surface area (Å²) in [6.07, 6.45) is 2.56. The smallest absolute Gasteiger partial charge is 0.228 e. The van der Waals surface area contributed by atoms with Crippen LogP contribution in [0.15, 0.2) is 18.2 Å². The molecule has 1 N–H and O–H groups in total. The maximum Gasteiger partial charge on any atom is 0.228 e. The number of rotatable bonds is 2. The van der Waals surface area contributed by atoms with Gasteiger partial charge in [0.25, 0.3) is 0 Å². The molecule has 1 aliphatic rings. The van der Waals surface area contributed by atoms with E-state index in [2.05, 4.69) is 44.3 Å². The summed E-state index contributed by atoms with van der Waals surface area (Å²) in [5.41, 5.74) is 3.62. The van der Waals surface area contributed by atoms with Crippen LogP contribution in [0.25, 0.3) is 0 Å². The summed E-state index contributed by atoms with van der Waals surface area (Å²) in [6, 6.07) is 6.58. The molecule has 1 aromatic carbocycles. The predicted octanol–water partition coefficient (Wildman–Crippen LogP) is 2.66. The van der Waals surface area contributed by atoms with Crippen LogP contribution >= 0.6 is 0 Å². The van der Waals surface area contributed by atoms with Crippen LogP contribution in [0.2, 0.25) is 0 Å². The van der Waals surface area contributed by atoms with Crippen molar-refractivity contribution in [2.75, 3.05) is 18.0 Å². The molecule has 1 atom stereocenters. The van der Waals surface area contributed by atoms with Crippen molar-refractivity contribution in [3.05, 3.63) is 29.3 Å². The van der Waals surface area contributed by atoms with Crippen molar-refractivity contribution < 1.29 is 4.79 Å². The number of hydrogen-bond donors (Lipinski definition) is 1. The molecule has 3 heteroatoms. The second-order valence-electron chi connectivity index (χ2n) is 5.39. The van der Waals surface area contributed by atoms with Gasteiger partial charge >= 0.3 is 0 Å². The number of nitrogens with zero attached hydrogens (tertiary/aromatic N) is 1. The van der Waals surface area contributed by atoms with Gasteiger partial charge in [0.15, 0.2) is 0 Å². The quantitative estimate of drug-likeness (QED) is 0.886. The Labute approximate surface area is 116 Å². The molecule has 0 radical (unpaired) electrons. The van der Waals surface area contributed by atoms with Crippen LogP contribution in [0.1, 0.15) is 37.8 Å². The summed E-state index contributed by atoms with van der Waals surface area (Å²) < 4.78 is 0. The molecule has 19 heavy (non-hydrogen) atoms. The molecule has 0 bridgehead atoms. The highest BCUT2D eigenvalue weighted by Gasteiger charge is 2.23. The normalized spacial score (nSPS) is 21.1. The van der Waals surface area contributed by atoms with E-state index >= 15 is 0 Å². The Kier molecular flexibility index (Phi) is 4.59. The molecule has 1 amide bonds. The molecular formula is C16H24N2O. The van der Waals surface area contributed by atoms with Gasteiger partial charge in [0.2, 0.25) is 5.91 Å². The summed E-state index contributed by atoms with van der Waals surface area (Å²) >= 11 is 0. The van der Waals surface area contributed by atoms with Crippen molar-refractivity contribution in [2.45, 2.75) is 46.1 Å². The Bertz CT molecular complexity index is 456. The van der Waals surface area contributed by atoms with Crippen LogP contribution < -0.4 is 10.2 Å². The van der Waals surface area contributed by atoms with Crippen molar-refractivity contribution in [3.63, 3.8) is 0 Å². The predicted molar refractivity (Wildman–Crippen MR) is 79.6 cm³/mol. The second kappa shape index (κ2) is 6.20. The summed E-state index contributed by atoms with van der Waals surface area (Å²) in [5, 5.41) is 3.38. The standard InChI is InChI=1S/C16H24N2O/c1-4-14-8-5-7-12(2)16(14)18-10-6-9-17-13(3)11-15(18)19/h5,7-8,13,17H,4,6,9-11H2,1-3H3. The third-order valence-corrected chi connectivity index (χ3v) is 3.81. The lowest BCUT2D eigenvalue weighted by molar-refractivity contribution is -0.119. The van der Waals surface area contributed by atoms with Gasteiger partial charge < -0.3 is 10.2 Å². The van der Waals surface area contributed by atoms with Gasteiger partial charge in [-0.15, -0.1) is 0 Å². The Balaban J connectivity index is 2.35. The molecule has 1 fully saturated rings. The van der Waals surface area contributed by atoms with Crippen LogP contribution in [-0.4, -0.2) is 25.0 Å². The van der Waals surface area contributed by atoms with Crippen LogP contribution in [0.3, 0.4) is 0 Å². The van der Waals surface area contributed by atoms with Gasteiger partial charge in [-0.05, 0) is 44.4 Å². The van der Waals surface area contributed by atoms with Crippen molar-refractivity contribution in [1.82, 2.24) is 5.32 Å². The summed E-state index contributed by atoms with van der Waals surface area (Å²) in [6.45, 7) is 8.13. The molecule has 0 spiro atoms. The highest BCUT2D eigenvalue weighted by atomic mass is 16.2. The number of amides is 1. The zero-order chi connectivity index (χ0) is 13.8. The van der Waals surface area contributed by atoms with E-state index in [9.17, 15) is 4.79 Å². The van der Waals surface area contributed by atoms with E-state index in [1.807, 2.05) is 4.90 Å². The Morgan fingerprint density at radius 3 is 2.95 bits per heavy atom. The first-order valence-corrected chi connectivity index (χ1v) is 7.25. The molecule has 104 valence electrons. The number of aryl methyl sites for hydroxylation is 2. The van der Waals surface area contributed by atoms with Crippen LogP contribution in [0.5, 0.6) is 0 Å². The van der Waals surface area contributed by atoms with E-state index in [4.69, 9.17) is 0 Å². The average Bonchev–Trinajstić information content (AvgIpc) is 2.37. The molecule has 0 aliphatic carbocycles. The fourth-order valence-corrected chi connectivity index (χ4v) is 2.78. The van der Waals surface area contributed by atoms with Crippen molar-refractivity contribution >= 4 is 11.6 Å². The SMILES string of the molecule is CCc1cccc(C)c1N1CCCNC(C)CC1=O. The Hall–Kier alpha value is -1.35.